The molecule has 0 radical (unpaired) electrons. The molecule has 0 bridgehead atoms. The summed E-state index contributed by atoms with van der Waals surface area (Å²) in [5.74, 6) is 1.39. The van der Waals surface area contributed by atoms with Gasteiger partial charge in [-0.05, 0) is 37.5 Å². The number of hydrogen-bond donors (Lipinski definition) is 1. The van der Waals surface area contributed by atoms with Crippen LogP contribution in [0.4, 0.5) is 5.82 Å². The molecule has 0 amide bonds. The minimum absolute atomic E-state index is 0.382. The number of H-pyrrole nitrogens is 1. The third-order valence-corrected chi connectivity index (χ3v) is 5.39. The Labute approximate surface area is 163 Å². The van der Waals surface area contributed by atoms with Gasteiger partial charge in [0.15, 0.2) is 0 Å². The minimum Gasteiger partial charge on any atom is -0.467 e. The summed E-state index contributed by atoms with van der Waals surface area (Å²) in [6.07, 6.45) is 5.69. The van der Waals surface area contributed by atoms with Crippen LogP contribution in [0.3, 0.4) is 0 Å². The van der Waals surface area contributed by atoms with Crippen LogP contribution in [0.15, 0.2) is 36.8 Å². The number of ether oxygens (including phenoxy) is 1. The molecule has 27 heavy (non-hydrogen) atoms. The first kappa shape index (κ1) is 17.8. The van der Waals surface area contributed by atoms with Crippen molar-refractivity contribution in [1.82, 2.24) is 19.9 Å². The Morgan fingerprint density at radius 1 is 1.15 bits per heavy atom. The smallest absolute Gasteiger partial charge is 0.318 e. The van der Waals surface area contributed by atoms with Gasteiger partial charge in [0, 0.05) is 41.5 Å². The average Bonchev–Trinajstić information content (AvgIpc) is 3.14. The van der Waals surface area contributed by atoms with Crippen LogP contribution in [-0.4, -0.2) is 40.1 Å². The fourth-order valence-corrected chi connectivity index (χ4v) is 3.80. The highest BCUT2D eigenvalue weighted by Crippen LogP contribution is 2.35. The zero-order chi connectivity index (χ0) is 18.8. The molecule has 0 saturated carbocycles. The molecular weight excluding hydrogens is 362 g/mol. The van der Waals surface area contributed by atoms with Crippen LogP contribution in [0.25, 0.3) is 11.1 Å². The lowest BCUT2D eigenvalue weighted by atomic mass is 9.92. The predicted octanol–water partition coefficient (Wildman–Crippen LogP) is 4.22. The van der Waals surface area contributed by atoms with E-state index in [4.69, 9.17) is 16.3 Å². The van der Waals surface area contributed by atoms with Crippen LogP contribution in [0.2, 0.25) is 5.02 Å². The van der Waals surface area contributed by atoms with Crippen molar-refractivity contribution >= 4 is 17.4 Å². The number of nitrogens with one attached hydrogen (secondary N) is 1. The van der Waals surface area contributed by atoms with Gasteiger partial charge in [-0.1, -0.05) is 23.7 Å². The van der Waals surface area contributed by atoms with Crippen LogP contribution in [0, 0.1) is 6.92 Å². The zero-order valence-electron chi connectivity index (χ0n) is 15.4. The number of methoxy groups -OCH3 is 1. The third-order valence-electron chi connectivity index (χ3n) is 5.13. The summed E-state index contributed by atoms with van der Waals surface area (Å²) in [5, 5.41) is 0.713. The monoisotopic (exact) mass is 383 g/mol. The highest BCUT2D eigenvalue weighted by molar-refractivity contribution is 6.30. The van der Waals surface area contributed by atoms with E-state index in [9.17, 15) is 0 Å². The molecule has 1 aromatic carbocycles. The largest absolute Gasteiger partial charge is 0.467 e. The molecule has 2 aromatic heterocycles. The first-order chi connectivity index (χ1) is 13.2. The van der Waals surface area contributed by atoms with Gasteiger partial charge in [-0.15, -0.1) is 0 Å². The lowest BCUT2D eigenvalue weighted by Crippen LogP contribution is -2.34. The van der Waals surface area contributed by atoms with Gasteiger partial charge in [0.05, 0.1) is 19.1 Å². The molecular formula is C20H22ClN5O. The van der Waals surface area contributed by atoms with Gasteiger partial charge in [0.25, 0.3) is 0 Å². The molecule has 4 rings (SSSR count). The highest BCUT2D eigenvalue weighted by atomic mass is 35.5. The van der Waals surface area contributed by atoms with E-state index in [0.717, 1.165) is 42.9 Å². The Kier molecular flexibility index (Phi) is 4.99. The first-order valence-electron chi connectivity index (χ1n) is 9.07. The second-order valence-corrected chi connectivity index (χ2v) is 7.21. The summed E-state index contributed by atoms with van der Waals surface area (Å²) in [4.78, 5) is 19.0. The van der Waals surface area contributed by atoms with Gasteiger partial charge < -0.3 is 14.6 Å². The molecule has 1 fully saturated rings. The number of imidazole rings is 1. The standard InChI is InChI=1S/C20H22ClN5O/c1-13-18(24-12-23-13)15-7-9-26(10-8-15)19-17(11-22-20(25-19)27-2)14-3-5-16(21)6-4-14/h3-6,11-12,15H,7-10H2,1-2H3,(H,23,24). The number of rotatable bonds is 4. The minimum atomic E-state index is 0.382. The van der Waals surface area contributed by atoms with E-state index in [1.54, 1.807) is 13.4 Å². The van der Waals surface area contributed by atoms with E-state index in [-0.39, 0.29) is 0 Å². The third kappa shape index (κ3) is 3.62. The summed E-state index contributed by atoms with van der Waals surface area (Å²) in [6, 6.07) is 8.15. The summed E-state index contributed by atoms with van der Waals surface area (Å²) in [7, 11) is 1.59. The van der Waals surface area contributed by atoms with Crippen LogP contribution in [0.5, 0.6) is 6.01 Å². The van der Waals surface area contributed by atoms with Crippen molar-refractivity contribution in [2.75, 3.05) is 25.1 Å². The fourth-order valence-electron chi connectivity index (χ4n) is 3.68. The lowest BCUT2D eigenvalue weighted by Gasteiger charge is -2.33. The fraction of sp³-hybridized carbons (Fsp3) is 0.350. The number of piperidine rings is 1. The second kappa shape index (κ2) is 7.56. The summed E-state index contributed by atoms with van der Waals surface area (Å²) in [5.41, 5.74) is 4.39. The molecule has 1 N–H and O–H groups in total. The van der Waals surface area contributed by atoms with Gasteiger partial charge in [0.2, 0.25) is 0 Å². The van der Waals surface area contributed by atoms with E-state index >= 15 is 0 Å². The summed E-state index contributed by atoms with van der Waals surface area (Å²) < 4.78 is 5.27. The maximum atomic E-state index is 6.04. The molecule has 140 valence electrons. The van der Waals surface area contributed by atoms with Crippen molar-refractivity contribution in [1.29, 1.82) is 0 Å². The molecule has 3 heterocycles. The second-order valence-electron chi connectivity index (χ2n) is 6.77. The highest BCUT2D eigenvalue weighted by Gasteiger charge is 2.26. The van der Waals surface area contributed by atoms with E-state index in [1.165, 1.54) is 11.4 Å². The SMILES string of the molecule is COc1ncc(-c2ccc(Cl)cc2)c(N2CCC(c3nc[nH]c3C)CC2)n1. The molecule has 0 atom stereocenters. The summed E-state index contributed by atoms with van der Waals surface area (Å²) in [6.45, 7) is 3.91. The predicted molar refractivity (Wildman–Crippen MR) is 107 cm³/mol. The Morgan fingerprint density at radius 2 is 1.89 bits per heavy atom. The van der Waals surface area contributed by atoms with Crippen molar-refractivity contribution in [2.45, 2.75) is 25.7 Å². The Balaban J connectivity index is 1.61. The van der Waals surface area contributed by atoms with Crippen molar-refractivity contribution in [2.24, 2.45) is 0 Å². The Bertz CT molecular complexity index is 916. The van der Waals surface area contributed by atoms with Gasteiger partial charge in [-0.3, -0.25) is 0 Å². The number of nitrogens with zero attached hydrogens (tertiary/aromatic N) is 4. The Hall–Kier alpha value is -2.60. The van der Waals surface area contributed by atoms with Gasteiger partial charge >= 0.3 is 6.01 Å². The van der Waals surface area contributed by atoms with Crippen molar-refractivity contribution in [3.63, 3.8) is 0 Å². The molecule has 0 unspecified atom stereocenters. The molecule has 0 spiro atoms. The van der Waals surface area contributed by atoms with Gasteiger partial charge in [-0.25, -0.2) is 9.97 Å². The maximum absolute atomic E-state index is 6.04. The van der Waals surface area contributed by atoms with Crippen LogP contribution in [-0.2, 0) is 0 Å². The van der Waals surface area contributed by atoms with Crippen molar-refractivity contribution < 1.29 is 4.74 Å². The van der Waals surface area contributed by atoms with E-state index in [0.29, 0.717) is 17.0 Å². The maximum Gasteiger partial charge on any atom is 0.318 e. The number of aryl methyl sites for hydroxylation is 1. The average molecular weight is 384 g/mol. The molecule has 7 heteroatoms. The van der Waals surface area contributed by atoms with Gasteiger partial charge in [0.1, 0.15) is 5.82 Å². The molecule has 0 aliphatic carbocycles. The van der Waals surface area contributed by atoms with Crippen LogP contribution >= 0.6 is 11.6 Å². The van der Waals surface area contributed by atoms with E-state index in [1.807, 2.05) is 30.5 Å². The molecule has 1 saturated heterocycles. The van der Waals surface area contributed by atoms with E-state index < -0.39 is 0 Å². The van der Waals surface area contributed by atoms with Crippen molar-refractivity contribution in [3.05, 3.63) is 53.2 Å². The first-order valence-corrected chi connectivity index (χ1v) is 9.45. The number of benzene rings is 1. The van der Waals surface area contributed by atoms with Gasteiger partial charge in [-0.2, -0.15) is 4.98 Å². The van der Waals surface area contributed by atoms with Crippen LogP contribution < -0.4 is 9.64 Å². The van der Waals surface area contributed by atoms with Crippen LogP contribution in [0.1, 0.15) is 30.1 Å². The lowest BCUT2D eigenvalue weighted by molar-refractivity contribution is 0.379. The quantitative estimate of drug-likeness (QED) is 0.730. The normalized spacial score (nSPS) is 15.1. The number of halogens is 1. The number of aromatic nitrogens is 4. The molecule has 3 aromatic rings. The number of anilines is 1. The molecule has 6 nitrogen and oxygen atoms in total. The topological polar surface area (TPSA) is 66.9 Å². The van der Waals surface area contributed by atoms with E-state index in [2.05, 4.69) is 31.8 Å². The number of aromatic amines is 1. The molecule has 1 aliphatic heterocycles. The zero-order valence-corrected chi connectivity index (χ0v) is 16.2. The molecule has 1 aliphatic rings. The summed E-state index contributed by atoms with van der Waals surface area (Å²) >= 11 is 6.04. The number of hydrogen-bond acceptors (Lipinski definition) is 5. The van der Waals surface area contributed by atoms with Crippen molar-refractivity contribution in [3.8, 4) is 17.1 Å². The Morgan fingerprint density at radius 3 is 2.52 bits per heavy atom.